The molecule has 2 N–H and O–H groups in total. The van der Waals surface area contributed by atoms with Crippen LogP contribution < -0.4 is 10.1 Å². The van der Waals surface area contributed by atoms with Crippen molar-refractivity contribution in [3.8, 4) is 5.75 Å². The van der Waals surface area contributed by atoms with Crippen LogP contribution in [0.15, 0.2) is 36.8 Å². The number of carbonyl (C=O) groups is 1. The van der Waals surface area contributed by atoms with Crippen LogP contribution in [-0.2, 0) is 9.53 Å². The van der Waals surface area contributed by atoms with Crippen LogP contribution in [0.2, 0.25) is 0 Å². The molecule has 2 fully saturated rings. The molecular weight excluding hydrogens is 503 g/mol. The van der Waals surface area contributed by atoms with E-state index in [0.29, 0.717) is 5.65 Å². The van der Waals surface area contributed by atoms with E-state index in [-0.39, 0.29) is 24.1 Å². The van der Waals surface area contributed by atoms with Crippen molar-refractivity contribution in [2.75, 3.05) is 5.32 Å². The first-order chi connectivity index (χ1) is 17.4. The van der Waals surface area contributed by atoms with Gasteiger partial charge in [-0.2, -0.15) is 17.6 Å². The van der Waals surface area contributed by atoms with Crippen molar-refractivity contribution in [1.29, 1.82) is 0 Å². The van der Waals surface area contributed by atoms with Crippen LogP contribution >= 0.6 is 0 Å². The van der Waals surface area contributed by atoms with Crippen molar-refractivity contribution in [1.82, 2.24) is 14.6 Å². The Balaban J connectivity index is 1.54. The molecule has 0 bridgehead atoms. The Labute approximate surface area is 207 Å². The number of nitrogens with zero attached hydrogens (tertiary/aromatic N) is 3. The maximum absolute atomic E-state index is 14.9. The zero-order valence-corrected chi connectivity index (χ0v) is 19.7. The van der Waals surface area contributed by atoms with Crippen LogP contribution in [0.3, 0.4) is 0 Å². The number of benzene rings is 1. The highest BCUT2D eigenvalue weighted by Crippen LogP contribution is 2.55. The Morgan fingerprint density at radius 2 is 2.00 bits per heavy atom. The van der Waals surface area contributed by atoms with Crippen molar-refractivity contribution in [2.24, 2.45) is 5.92 Å². The molecule has 1 aliphatic heterocycles. The summed E-state index contributed by atoms with van der Waals surface area (Å²) in [6, 6.07) is 4.85. The number of rotatable bonds is 5. The van der Waals surface area contributed by atoms with Gasteiger partial charge in [0.1, 0.15) is 18.5 Å². The highest BCUT2D eigenvalue weighted by molar-refractivity contribution is 5.95. The number of ether oxygens (including phenoxy) is 2. The molecule has 198 valence electrons. The number of aliphatic hydroxyl groups is 1. The number of halogens is 5. The summed E-state index contributed by atoms with van der Waals surface area (Å²) in [6.45, 7) is 2.06. The minimum atomic E-state index is -4.88. The van der Waals surface area contributed by atoms with E-state index in [0.717, 1.165) is 19.1 Å². The molecule has 4 atom stereocenters. The number of fused-ring (bicyclic) bond motifs is 1. The summed E-state index contributed by atoms with van der Waals surface area (Å²) in [4.78, 5) is 13.3. The van der Waals surface area contributed by atoms with Crippen LogP contribution in [0.5, 0.6) is 5.75 Å². The lowest BCUT2D eigenvalue weighted by molar-refractivity contribution is -0.272. The van der Waals surface area contributed by atoms with E-state index in [9.17, 15) is 31.9 Å². The molecule has 0 radical (unpaired) electrons. The summed E-state index contributed by atoms with van der Waals surface area (Å²) in [5.41, 5.74) is -2.29. The van der Waals surface area contributed by atoms with Gasteiger partial charge in [0.2, 0.25) is 5.82 Å². The van der Waals surface area contributed by atoms with Gasteiger partial charge in [-0.1, -0.05) is 13.0 Å². The molecule has 1 saturated heterocycles. The second kappa shape index (κ2) is 8.91. The summed E-state index contributed by atoms with van der Waals surface area (Å²) in [7, 11) is 0. The molecule has 37 heavy (non-hydrogen) atoms. The average Bonchev–Trinajstić information content (AvgIpc) is 3.38. The number of aromatic nitrogens is 3. The third-order valence-electron chi connectivity index (χ3n) is 7.29. The second-order valence-electron chi connectivity index (χ2n) is 9.60. The lowest BCUT2D eigenvalue weighted by Gasteiger charge is -2.34. The van der Waals surface area contributed by atoms with Gasteiger partial charge < -0.3 is 19.9 Å². The summed E-state index contributed by atoms with van der Waals surface area (Å²) in [5, 5.41) is 19.7. The van der Waals surface area contributed by atoms with Crippen LogP contribution in [-0.4, -0.2) is 55.7 Å². The Morgan fingerprint density at radius 3 is 2.68 bits per heavy atom. The fraction of sp³-hybridized carbons (Fsp3) is 0.458. The van der Waals surface area contributed by atoms with Crippen molar-refractivity contribution >= 4 is 17.2 Å². The zero-order valence-electron chi connectivity index (χ0n) is 19.7. The largest absolute Gasteiger partial charge is 0.487 e. The third kappa shape index (κ3) is 4.29. The predicted molar refractivity (Wildman–Crippen MR) is 119 cm³/mol. The average molecular weight is 526 g/mol. The summed E-state index contributed by atoms with van der Waals surface area (Å²) in [6.07, 6.45) is -4.64. The van der Waals surface area contributed by atoms with Gasteiger partial charge in [-0.15, -0.1) is 10.2 Å². The Morgan fingerprint density at radius 1 is 1.27 bits per heavy atom. The minimum Gasteiger partial charge on any atom is -0.487 e. The summed E-state index contributed by atoms with van der Waals surface area (Å²) >= 11 is 0. The van der Waals surface area contributed by atoms with Gasteiger partial charge in [-0.25, -0.2) is 4.39 Å². The number of hydrogen-bond donors (Lipinski definition) is 2. The number of anilines is 1. The molecule has 5 rings (SSSR count). The van der Waals surface area contributed by atoms with E-state index in [1.807, 2.05) is 0 Å². The van der Waals surface area contributed by atoms with Gasteiger partial charge in [0.25, 0.3) is 5.91 Å². The van der Waals surface area contributed by atoms with E-state index < -0.39 is 65.2 Å². The van der Waals surface area contributed by atoms with Crippen molar-refractivity contribution < 1.29 is 41.3 Å². The van der Waals surface area contributed by atoms with E-state index in [4.69, 9.17) is 9.47 Å². The molecule has 13 heteroatoms. The first-order valence-corrected chi connectivity index (χ1v) is 11.6. The maximum Gasteiger partial charge on any atom is 0.417 e. The normalized spacial score (nSPS) is 29.8. The van der Waals surface area contributed by atoms with Crippen molar-refractivity contribution in [2.45, 2.75) is 62.7 Å². The van der Waals surface area contributed by atoms with Crippen LogP contribution in [0.4, 0.5) is 27.6 Å². The van der Waals surface area contributed by atoms with Gasteiger partial charge in [-0.05, 0) is 19.1 Å². The molecule has 8 nitrogen and oxygen atoms in total. The van der Waals surface area contributed by atoms with Crippen molar-refractivity contribution in [3.63, 3.8) is 0 Å². The monoisotopic (exact) mass is 526 g/mol. The lowest BCUT2D eigenvalue weighted by Crippen LogP contribution is -2.47. The second-order valence-corrected chi connectivity index (χ2v) is 9.60. The molecule has 3 aromatic rings. The Hall–Kier alpha value is -3.32. The van der Waals surface area contributed by atoms with E-state index >= 15 is 0 Å². The molecule has 1 aliphatic carbocycles. The standard InChI is InChI=1S/C24H23F5N4O4/c1-11-18(15-3-4-16(25)19(26)20(15)36-14-8-13(34)9-14)21(37-23(11,2)24(27,28)29)22(35)31-12-5-6-33-10-30-32-17(33)7-12/h3-7,10-11,13-14,18,21,34H,8-9H2,1-2H3,(H,31,35)/t11-,13?,14?,18-,21+,23+/m0/s1. The maximum atomic E-state index is 14.9. The van der Waals surface area contributed by atoms with E-state index in [1.54, 1.807) is 10.6 Å². The highest BCUT2D eigenvalue weighted by atomic mass is 19.4. The van der Waals surface area contributed by atoms with Crippen molar-refractivity contribution in [3.05, 3.63) is 54.0 Å². The van der Waals surface area contributed by atoms with Crippen LogP contribution in [0.25, 0.3) is 5.65 Å². The number of pyridine rings is 1. The number of aliphatic hydroxyl groups excluding tert-OH is 1. The Kier molecular flexibility index (Phi) is 6.10. The molecular formula is C24H23F5N4O4. The molecule has 0 spiro atoms. The first-order valence-electron chi connectivity index (χ1n) is 11.6. The summed E-state index contributed by atoms with van der Waals surface area (Å²) in [5.74, 6) is -6.88. The van der Waals surface area contributed by atoms with Gasteiger partial charge in [0, 0.05) is 48.2 Å². The molecule has 2 aliphatic rings. The van der Waals surface area contributed by atoms with Gasteiger partial charge in [0.15, 0.2) is 22.8 Å². The van der Waals surface area contributed by atoms with Gasteiger partial charge in [0.05, 0.1) is 6.10 Å². The topological polar surface area (TPSA) is 98.0 Å². The molecule has 1 amide bonds. The van der Waals surface area contributed by atoms with Gasteiger partial charge in [-0.3, -0.25) is 9.20 Å². The number of nitrogens with one attached hydrogen (secondary N) is 1. The molecule has 2 aromatic heterocycles. The highest BCUT2D eigenvalue weighted by Gasteiger charge is 2.66. The fourth-order valence-electron chi connectivity index (χ4n) is 4.86. The molecule has 3 heterocycles. The number of amides is 1. The SMILES string of the molecule is C[C@H]1[C@@H](c2ccc(F)c(F)c2OC2CC(O)C2)[C@H](C(=O)Nc2ccn3cnnc3c2)O[C@@]1(C)C(F)(F)F. The Bertz CT molecular complexity index is 1340. The molecule has 1 saturated carbocycles. The molecule has 0 unspecified atom stereocenters. The predicted octanol–water partition coefficient (Wildman–Crippen LogP) is 3.99. The molecule has 1 aromatic carbocycles. The summed E-state index contributed by atoms with van der Waals surface area (Å²) < 4.78 is 84.2. The number of hydrogen-bond acceptors (Lipinski definition) is 6. The van der Waals surface area contributed by atoms with Crippen LogP contribution in [0, 0.1) is 17.6 Å². The van der Waals surface area contributed by atoms with Gasteiger partial charge >= 0.3 is 6.18 Å². The number of alkyl halides is 3. The quantitative estimate of drug-likeness (QED) is 0.488. The smallest absolute Gasteiger partial charge is 0.417 e. The fourth-order valence-corrected chi connectivity index (χ4v) is 4.86. The van der Waals surface area contributed by atoms with E-state index in [1.165, 1.54) is 25.4 Å². The lowest BCUT2D eigenvalue weighted by atomic mass is 9.76. The van der Waals surface area contributed by atoms with E-state index in [2.05, 4.69) is 15.5 Å². The zero-order chi connectivity index (χ0) is 26.7. The van der Waals surface area contributed by atoms with Crippen LogP contribution in [0.1, 0.15) is 38.2 Å². The number of carbonyl (C=O) groups excluding carboxylic acids is 1. The first kappa shape index (κ1) is 25.3. The third-order valence-corrected chi connectivity index (χ3v) is 7.29. The minimum absolute atomic E-state index is 0.131.